The molecule has 8 heavy (non-hydrogen) atoms. The van der Waals surface area contributed by atoms with Crippen LogP contribution in [0.3, 0.4) is 0 Å². The molecule has 0 saturated heterocycles. The van der Waals surface area contributed by atoms with Crippen LogP contribution in [0.1, 0.15) is 6.42 Å². The third-order valence-electron chi connectivity index (χ3n) is 0.491. The molecule has 0 aromatic carbocycles. The van der Waals surface area contributed by atoms with E-state index >= 15 is 0 Å². The highest BCUT2D eigenvalue weighted by Gasteiger charge is 1.87. The Balaban J connectivity index is 2.97. The van der Waals surface area contributed by atoms with Crippen molar-refractivity contribution in [3.05, 3.63) is 0 Å². The third kappa shape index (κ3) is 4.83. The van der Waals surface area contributed by atoms with Gasteiger partial charge in [-0.25, -0.2) is 4.79 Å². The molecule has 0 heterocycles. The van der Waals surface area contributed by atoms with Crippen LogP contribution in [0.15, 0.2) is 0 Å². The Hall–Kier alpha value is -1.17. The van der Waals surface area contributed by atoms with Gasteiger partial charge < -0.3 is 10.5 Å². The lowest BCUT2D eigenvalue weighted by atomic mass is 10.5. The van der Waals surface area contributed by atoms with Crippen LogP contribution >= 0.6 is 0 Å². The third-order valence-corrected chi connectivity index (χ3v) is 0.491. The molecule has 0 atom stereocenters. The summed E-state index contributed by atoms with van der Waals surface area (Å²) in [6, 6.07) is 0. The summed E-state index contributed by atoms with van der Waals surface area (Å²) in [7, 11) is 0. The molecule has 0 aromatic heterocycles. The maximum Gasteiger partial charge on any atom is 0.404 e. The second kappa shape index (κ2) is 4.00. The van der Waals surface area contributed by atoms with Crippen molar-refractivity contribution in [3.8, 4) is 12.3 Å². The van der Waals surface area contributed by atoms with Crippen LogP contribution in [0.5, 0.6) is 0 Å². The number of amides is 1. The highest BCUT2D eigenvalue weighted by atomic mass is 16.5. The van der Waals surface area contributed by atoms with E-state index in [0.29, 0.717) is 6.42 Å². The summed E-state index contributed by atoms with van der Waals surface area (Å²) in [4.78, 5) is 9.81. The van der Waals surface area contributed by atoms with E-state index in [4.69, 9.17) is 6.42 Å². The van der Waals surface area contributed by atoms with E-state index in [1.54, 1.807) is 0 Å². The summed E-state index contributed by atoms with van der Waals surface area (Å²) >= 11 is 0. The van der Waals surface area contributed by atoms with Gasteiger partial charge in [-0.2, -0.15) is 0 Å². The van der Waals surface area contributed by atoms with Gasteiger partial charge in [0.15, 0.2) is 0 Å². The molecule has 0 rings (SSSR count). The number of terminal acetylenes is 1. The van der Waals surface area contributed by atoms with Gasteiger partial charge in [-0.1, -0.05) is 0 Å². The number of hydrogen-bond acceptors (Lipinski definition) is 2. The van der Waals surface area contributed by atoms with Crippen LogP contribution in [0.4, 0.5) is 4.79 Å². The van der Waals surface area contributed by atoms with Gasteiger partial charge in [0, 0.05) is 6.42 Å². The number of primary amides is 1. The van der Waals surface area contributed by atoms with E-state index in [-0.39, 0.29) is 6.61 Å². The molecule has 3 heteroatoms. The van der Waals surface area contributed by atoms with Crippen molar-refractivity contribution in [2.24, 2.45) is 5.73 Å². The maximum atomic E-state index is 9.81. The molecule has 0 aliphatic carbocycles. The second-order valence-corrected chi connectivity index (χ2v) is 1.12. The molecule has 0 saturated carbocycles. The molecule has 44 valence electrons. The number of ether oxygens (including phenoxy) is 1. The fourth-order valence-corrected chi connectivity index (χ4v) is 0.211. The summed E-state index contributed by atoms with van der Waals surface area (Å²) in [6.07, 6.45) is 4.47. The van der Waals surface area contributed by atoms with Gasteiger partial charge in [-0.15, -0.1) is 12.3 Å². The molecule has 0 fully saturated rings. The minimum atomic E-state index is -0.778. The van der Waals surface area contributed by atoms with Crippen molar-refractivity contribution in [1.29, 1.82) is 0 Å². The molecule has 0 spiro atoms. The Bertz CT molecular complexity index is 114. The van der Waals surface area contributed by atoms with E-state index in [2.05, 4.69) is 16.4 Å². The minimum absolute atomic E-state index is 0.214. The van der Waals surface area contributed by atoms with Crippen molar-refractivity contribution in [2.75, 3.05) is 6.61 Å². The first-order valence-corrected chi connectivity index (χ1v) is 2.13. The first kappa shape index (κ1) is 6.83. The molecule has 2 N–H and O–H groups in total. The first-order valence-electron chi connectivity index (χ1n) is 2.13. The summed E-state index contributed by atoms with van der Waals surface area (Å²) in [5.41, 5.74) is 4.60. The zero-order valence-corrected chi connectivity index (χ0v) is 4.39. The molecule has 0 aromatic rings. The normalized spacial score (nSPS) is 7.38. The van der Waals surface area contributed by atoms with E-state index in [0.717, 1.165) is 0 Å². The minimum Gasteiger partial charge on any atom is -0.449 e. The van der Waals surface area contributed by atoms with Crippen molar-refractivity contribution >= 4 is 6.09 Å². The lowest BCUT2D eigenvalue weighted by molar-refractivity contribution is 0.159. The van der Waals surface area contributed by atoms with Gasteiger partial charge in [-0.05, 0) is 0 Å². The average Bonchev–Trinajstić information content (AvgIpc) is 1.66. The Labute approximate surface area is 47.8 Å². The molecule has 1 amide bonds. The van der Waals surface area contributed by atoms with Crippen molar-refractivity contribution in [2.45, 2.75) is 6.42 Å². The van der Waals surface area contributed by atoms with Crippen molar-refractivity contribution < 1.29 is 9.53 Å². The van der Waals surface area contributed by atoms with Crippen LogP contribution < -0.4 is 5.73 Å². The quantitative estimate of drug-likeness (QED) is 0.408. The Kier molecular flexibility index (Phi) is 3.42. The molecule has 0 bridgehead atoms. The van der Waals surface area contributed by atoms with Crippen molar-refractivity contribution in [1.82, 2.24) is 0 Å². The highest BCUT2D eigenvalue weighted by Crippen LogP contribution is 1.77. The van der Waals surface area contributed by atoms with Gasteiger partial charge in [-0.3, -0.25) is 0 Å². The molecular formula is C5H7NO2. The van der Waals surface area contributed by atoms with Crippen LogP contribution in [0.2, 0.25) is 0 Å². The lowest BCUT2D eigenvalue weighted by Gasteiger charge is -1.93. The molecule has 3 nitrogen and oxygen atoms in total. The highest BCUT2D eigenvalue weighted by molar-refractivity contribution is 5.64. The summed E-state index contributed by atoms with van der Waals surface area (Å²) in [5, 5.41) is 0. The maximum absolute atomic E-state index is 9.81. The van der Waals surface area contributed by atoms with E-state index < -0.39 is 6.09 Å². The topological polar surface area (TPSA) is 52.3 Å². The zero-order chi connectivity index (χ0) is 6.41. The smallest absolute Gasteiger partial charge is 0.404 e. The summed E-state index contributed by atoms with van der Waals surface area (Å²) in [5.74, 6) is 2.29. The van der Waals surface area contributed by atoms with E-state index in [1.807, 2.05) is 0 Å². The predicted octanol–water partition coefficient (Wildman–Crippen LogP) is 0.105. The van der Waals surface area contributed by atoms with E-state index in [9.17, 15) is 4.79 Å². The SMILES string of the molecule is C#CCCOC(N)=O. The van der Waals surface area contributed by atoms with Crippen molar-refractivity contribution in [3.63, 3.8) is 0 Å². The molecule has 0 radical (unpaired) electrons. The zero-order valence-electron chi connectivity index (χ0n) is 4.39. The average molecular weight is 113 g/mol. The predicted molar refractivity (Wildman–Crippen MR) is 29.0 cm³/mol. The van der Waals surface area contributed by atoms with Crippen LogP contribution in [0, 0.1) is 12.3 Å². The number of rotatable bonds is 2. The monoisotopic (exact) mass is 113 g/mol. The second-order valence-electron chi connectivity index (χ2n) is 1.12. The Morgan fingerprint density at radius 2 is 2.50 bits per heavy atom. The fraction of sp³-hybridized carbons (Fsp3) is 0.400. The van der Waals surface area contributed by atoms with Crippen LogP contribution in [0.25, 0.3) is 0 Å². The standard InChI is InChI=1S/C5H7NO2/c1-2-3-4-8-5(6)7/h1H,3-4H2,(H2,6,7). The van der Waals surface area contributed by atoms with Gasteiger partial charge >= 0.3 is 6.09 Å². The number of carbonyl (C=O) groups is 1. The molecule has 0 unspecified atom stereocenters. The number of nitrogens with two attached hydrogens (primary N) is 1. The van der Waals surface area contributed by atoms with Gasteiger partial charge in [0.25, 0.3) is 0 Å². The van der Waals surface area contributed by atoms with Gasteiger partial charge in [0.1, 0.15) is 6.61 Å². The molecule has 0 aliphatic heterocycles. The first-order chi connectivity index (χ1) is 3.77. The summed E-state index contributed by atoms with van der Waals surface area (Å²) < 4.78 is 4.28. The number of carbonyl (C=O) groups excluding carboxylic acids is 1. The fourth-order valence-electron chi connectivity index (χ4n) is 0.211. The molecular weight excluding hydrogens is 106 g/mol. The summed E-state index contributed by atoms with van der Waals surface area (Å²) in [6.45, 7) is 0.214. The Morgan fingerprint density at radius 1 is 1.88 bits per heavy atom. The lowest BCUT2D eigenvalue weighted by Crippen LogP contribution is -2.13. The van der Waals surface area contributed by atoms with Crippen LogP contribution in [-0.2, 0) is 4.74 Å². The Morgan fingerprint density at radius 3 is 2.88 bits per heavy atom. The van der Waals surface area contributed by atoms with E-state index in [1.165, 1.54) is 0 Å². The van der Waals surface area contributed by atoms with Gasteiger partial charge in [0.2, 0.25) is 0 Å². The molecule has 0 aliphatic rings. The number of hydrogen-bond donors (Lipinski definition) is 1. The van der Waals surface area contributed by atoms with Gasteiger partial charge in [0.05, 0.1) is 0 Å². The van der Waals surface area contributed by atoms with Crippen LogP contribution in [-0.4, -0.2) is 12.7 Å². The largest absolute Gasteiger partial charge is 0.449 e.